The predicted molar refractivity (Wildman–Crippen MR) is 112 cm³/mol. The van der Waals surface area contributed by atoms with Crippen LogP contribution in [-0.2, 0) is 4.79 Å². The number of nitrogens with zero attached hydrogens (tertiary/aromatic N) is 4. The smallest absolute Gasteiger partial charge is 0.327 e. The van der Waals surface area contributed by atoms with Gasteiger partial charge in [-0.15, -0.1) is 0 Å². The summed E-state index contributed by atoms with van der Waals surface area (Å²) in [6.45, 7) is 9.69. The second-order valence-electron chi connectivity index (χ2n) is 7.87. The van der Waals surface area contributed by atoms with E-state index in [1.165, 1.54) is 6.42 Å². The maximum atomic E-state index is 12.6. The number of nitrogens with one attached hydrogen (secondary N) is 1. The Bertz CT molecular complexity index is 821. The van der Waals surface area contributed by atoms with Gasteiger partial charge in [-0.3, -0.25) is 9.36 Å². The summed E-state index contributed by atoms with van der Waals surface area (Å²) >= 11 is 0. The van der Waals surface area contributed by atoms with Crippen molar-refractivity contribution in [2.45, 2.75) is 40.0 Å². The Morgan fingerprint density at radius 1 is 1.14 bits per heavy atom. The van der Waals surface area contributed by atoms with Crippen LogP contribution in [0.2, 0.25) is 0 Å². The Kier molecular flexibility index (Phi) is 6.54. The van der Waals surface area contributed by atoms with Gasteiger partial charge in [0.15, 0.2) is 0 Å². The quantitative estimate of drug-likeness (QED) is 0.776. The molecule has 0 aliphatic carbocycles. The number of rotatable bonds is 6. The zero-order valence-corrected chi connectivity index (χ0v) is 17.1. The highest BCUT2D eigenvalue weighted by molar-refractivity contribution is 5.95. The van der Waals surface area contributed by atoms with Crippen molar-refractivity contribution in [1.29, 1.82) is 0 Å². The summed E-state index contributed by atoms with van der Waals surface area (Å²) in [5.74, 6) is 0.816. The van der Waals surface area contributed by atoms with Gasteiger partial charge in [0.05, 0.1) is 11.2 Å². The van der Waals surface area contributed by atoms with Crippen LogP contribution >= 0.6 is 0 Å². The number of fused-ring (bicyclic) bond motifs is 1. The number of piperazine rings is 1. The molecule has 2 aromatic rings. The molecule has 1 aliphatic heterocycles. The zero-order chi connectivity index (χ0) is 20.1. The second-order valence-corrected chi connectivity index (χ2v) is 7.87. The van der Waals surface area contributed by atoms with E-state index >= 15 is 0 Å². The van der Waals surface area contributed by atoms with Crippen molar-refractivity contribution in [1.82, 2.24) is 19.8 Å². The molecule has 7 nitrogen and oxygen atoms in total. The Morgan fingerprint density at radius 2 is 1.89 bits per heavy atom. The average Bonchev–Trinajstić information content (AvgIpc) is 3.11. The van der Waals surface area contributed by atoms with Gasteiger partial charge < -0.3 is 15.1 Å². The van der Waals surface area contributed by atoms with E-state index in [2.05, 4.69) is 29.0 Å². The molecule has 3 rings (SSSR count). The SMILES string of the molecule is CC(=O)N1CCN(c2cccc3c2ncn3C(=O)NCCCCC(C)C)CC1. The van der Waals surface area contributed by atoms with Crippen LogP contribution in [0.25, 0.3) is 11.0 Å². The molecular weight excluding hydrogens is 354 g/mol. The summed E-state index contributed by atoms with van der Waals surface area (Å²) in [6, 6.07) is 5.79. The maximum absolute atomic E-state index is 12.6. The third-order valence-corrected chi connectivity index (χ3v) is 5.32. The zero-order valence-electron chi connectivity index (χ0n) is 17.1. The molecule has 152 valence electrons. The molecule has 2 heterocycles. The van der Waals surface area contributed by atoms with E-state index < -0.39 is 0 Å². The maximum Gasteiger partial charge on any atom is 0.327 e. The molecule has 7 heteroatoms. The number of benzene rings is 1. The number of anilines is 1. The highest BCUT2D eigenvalue weighted by Gasteiger charge is 2.21. The molecular formula is C21H31N5O2. The molecule has 1 aliphatic rings. The molecule has 1 fully saturated rings. The van der Waals surface area contributed by atoms with Crippen LogP contribution in [0.1, 0.15) is 40.0 Å². The van der Waals surface area contributed by atoms with Gasteiger partial charge in [-0.25, -0.2) is 9.78 Å². The summed E-state index contributed by atoms with van der Waals surface area (Å²) in [4.78, 5) is 32.7. The Balaban J connectivity index is 1.66. The van der Waals surface area contributed by atoms with Crippen LogP contribution < -0.4 is 10.2 Å². The van der Waals surface area contributed by atoms with Crippen LogP contribution in [0.4, 0.5) is 10.5 Å². The molecule has 1 saturated heterocycles. The first-order chi connectivity index (χ1) is 13.5. The first-order valence-electron chi connectivity index (χ1n) is 10.2. The van der Waals surface area contributed by atoms with Crippen molar-refractivity contribution < 1.29 is 9.59 Å². The monoisotopic (exact) mass is 385 g/mol. The van der Waals surface area contributed by atoms with Gasteiger partial charge in [-0.2, -0.15) is 0 Å². The first-order valence-corrected chi connectivity index (χ1v) is 10.2. The number of para-hydroxylation sites is 1. The number of hydrogen-bond acceptors (Lipinski definition) is 4. The minimum Gasteiger partial charge on any atom is -0.366 e. The average molecular weight is 386 g/mol. The van der Waals surface area contributed by atoms with Crippen molar-refractivity contribution in [2.24, 2.45) is 5.92 Å². The lowest BCUT2D eigenvalue weighted by Crippen LogP contribution is -2.48. The molecule has 28 heavy (non-hydrogen) atoms. The van der Waals surface area contributed by atoms with Crippen LogP contribution in [0.5, 0.6) is 0 Å². The minimum absolute atomic E-state index is 0.118. The van der Waals surface area contributed by atoms with Crippen LogP contribution in [0, 0.1) is 5.92 Å². The van der Waals surface area contributed by atoms with E-state index in [9.17, 15) is 9.59 Å². The predicted octanol–water partition coefficient (Wildman–Crippen LogP) is 3.09. The minimum atomic E-state index is -0.134. The van der Waals surface area contributed by atoms with Crippen LogP contribution in [0.15, 0.2) is 24.5 Å². The van der Waals surface area contributed by atoms with Crippen LogP contribution in [-0.4, -0.2) is 59.1 Å². The van der Waals surface area contributed by atoms with E-state index in [-0.39, 0.29) is 11.9 Å². The lowest BCUT2D eigenvalue weighted by atomic mass is 10.1. The summed E-state index contributed by atoms with van der Waals surface area (Å²) in [5.41, 5.74) is 2.66. The van der Waals surface area contributed by atoms with Gasteiger partial charge in [-0.1, -0.05) is 32.8 Å². The highest BCUT2D eigenvalue weighted by atomic mass is 16.2. The van der Waals surface area contributed by atoms with Crippen molar-refractivity contribution in [3.63, 3.8) is 0 Å². The number of carbonyl (C=O) groups is 2. The number of carbonyl (C=O) groups excluding carboxylic acids is 2. The third-order valence-electron chi connectivity index (χ3n) is 5.32. The number of imidazole rings is 1. The molecule has 0 bridgehead atoms. The molecule has 0 saturated carbocycles. The molecule has 0 radical (unpaired) electrons. The van der Waals surface area contributed by atoms with E-state index in [1.807, 2.05) is 23.1 Å². The summed E-state index contributed by atoms with van der Waals surface area (Å²) in [7, 11) is 0. The van der Waals surface area contributed by atoms with Gasteiger partial charge in [0.2, 0.25) is 5.91 Å². The Hall–Kier alpha value is -2.57. The second kappa shape index (κ2) is 9.08. The number of amides is 2. The molecule has 1 N–H and O–H groups in total. The van der Waals surface area contributed by atoms with Gasteiger partial charge >= 0.3 is 6.03 Å². The van der Waals surface area contributed by atoms with E-state index in [0.717, 1.165) is 42.7 Å². The fourth-order valence-corrected chi connectivity index (χ4v) is 3.66. The fourth-order valence-electron chi connectivity index (χ4n) is 3.66. The molecule has 0 spiro atoms. The van der Waals surface area contributed by atoms with Crippen molar-refractivity contribution in [3.8, 4) is 0 Å². The molecule has 0 unspecified atom stereocenters. The first kappa shape index (κ1) is 20.2. The largest absolute Gasteiger partial charge is 0.366 e. The molecule has 0 atom stereocenters. The highest BCUT2D eigenvalue weighted by Crippen LogP contribution is 2.26. The Morgan fingerprint density at radius 3 is 2.57 bits per heavy atom. The summed E-state index contributed by atoms with van der Waals surface area (Å²) in [6.07, 6.45) is 4.90. The fraction of sp³-hybridized carbons (Fsp3) is 0.571. The lowest BCUT2D eigenvalue weighted by molar-refractivity contribution is -0.129. The summed E-state index contributed by atoms with van der Waals surface area (Å²) in [5, 5.41) is 2.99. The van der Waals surface area contributed by atoms with Gasteiger partial charge in [0.1, 0.15) is 11.8 Å². The Labute approximate surface area is 166 Å². The van der Waals surface area contributed by atoms with E-state index in [1.54, 1.807) is 17.8 Å². The van der Waals surface area contributed by atoms with Gasteiger partial charge in [0.25, 0.3) is 0 Å². The van der Waals surface area contributed by atoms with Crippen molar-refractivity contribution in [3.05, 3.63) is 24.5 Å². The van der Waals surface area contributed by atoms with Crippen molar-refractivity contribution >= 4 is 28.7 Å². The topological polar surface area (TPSA) is 70.5 Å². The van der Waals surface area contributed by atoms with Crippen molar-refractivity contribution in [2.75, 3.05) is 37.6 Å². The van der Waals surface area contributed by atoms with Crippen LogP contribution in [0.3, 0.4) is 0 Å². The van der Waals surface area contributed by atoms with E-state index in [0.29, 0.717) is 25.6 Å². The van der Waals surface area contributed by atoms with E-state index in [4.69, 9.17) is 0 Å². The third kappa shape index (κ3) is 4.64. The standard InChI is InChI=1S/C21H31N5O2/c1-16(2)7-4-5-10-22-21(28)26-15-23-20-18(8-6-9-19(20)26)25-13-11-24(12-14-25)17(3)27/h6,8-9,15-16H,4-5,7,10-14H2,1-3H3,(H,22,28). The van der Waals surface area contributed by atoms with Gasteiger partial charge in [0, 0.05) is 39.6 Å². The number of hydrogen-bond donors (Lipinski definition) is 1. The number of aromatic nitrogens is 2. The van der Waals surface area contributed by atoms with Gasteiger partial charge in [-0.05, 0) is 24.5 Å². The lowest BCUT2D eigenvalue weighted by Gasteiger charge is -2.35. The molecule has 1 aromatic carbocycles. The molecule has 2 amide bonds. The normalized spacial score (nSPS) is 14.7. The summed E-state index contributed by atoms with van der Waals surface area (Å²) < 4.78 is 1.59. The number of unbranched alkanes of at least 4 members (excludes halogenated alkanes) is 1. The molecule has 1 aromatic heterocycles.